The maximum atomic E-state index is 12.7. The number of unbranched alkanes of at least 4 members (excludes halogenated alkanes) is 9. The van der Waals surface area contributed by atoms with E-state index in [1.165, 1.54) is 0 Å². The number of esters is 3. The number of hydrogen-bond donors (Lipinski definition) is 0. The zero-order valence-electron chi connectivity index (χ0n) is 35.8. The summed E-state index contributed by atoms with van der Waals surface area (Å²) in [6, 6.07) is 0. The highest BCUT2D eigenvalue weighted by atomic mass is 16.6. The van der Waals surface area contributed by atoms with E-state index in [1.807, 2.05) is 60.8 Å². The first-order chi connectivity index (χ1) is 28.0. The summed E-state index contributed by atoms with van der Waals surface area (Å²) in [7, 11) is 0. The molecule has 0 aromatic rings. The van der Waals surface area contributed by atoms with Gasteiger partial charge in [-0.05, 0) is 83.5 Å². The zero-order chi connectivity index (χ0) is 41.5. The molecular weight excluding hydrogens is 709 g/mol. The lowest BCUT2D eigenvalue weighted by Crippen LogP contribution is -2.30. The molecule has 0 aliphatic rings. The Morgan fingerprint density at radius 2 is 0.737 bits per heavy atom. The van der Waals surface area contributed by atoms with Crippen LogP contribution in [-0.4, -0.2) is 37.2 Å². The first-order valence-electron chi connectivity index (χ1n) is 21.8. The van der Waals surface area contributed by atoms with E-state index in [0.29, 0.717) is 19.3 Å². The molecule has 1 atom stereocenters. The van der Waals surface area contributed by atoms with Crippen molar-refractivity contribution in [3.05, 3.63) is 134 Å². The van der Waals surface area contributed by atoms with Crippen LogP contribution in [0.3, 0.4) is 0 Å². The minimum absolute atomic E-state index is 0.128. The molecule has 0 saturated heterocycles. The van der Waals surface area contributed by atoms with Gasteiger partial charge in [-0.1, -0.05) is 180 Å². The quantitative estimate of drug-likeness (QED) is 0.0207. The second-order valence-corrected chi connectivity index (χ2v) is 13.6. The van der Waals surface area contributed by atoms with Gasteiger partial charge in [-0.25, -0.2) is 0 Å². The molecule has 0 saturated carbocycles. The Balaban J connectivity index is 4.59. The molecule has 316 valence electrons. The highest BCUT2D eigenvalue weighted by molar-refractivity contribution is 5.71. The van der Waals surface area contributed by atoms with E-state index in [1.54, 1.807) is 0 Å². The van der Waals surface area contributed by atoms with Crippen molar-refractivity contribution in [1.29, 1.82) is 0 Å². The molecule has 0 aromatic carbocycles. The van der Waals surface area contributed by atoms with Gasteiger partial charge in [0.25, 0.3) is 0 Å². The fourth-order valence-corrected chi connectivity index (χ4v) is 5.13. The second kappa shape index (κ2) is 44.3. The van der Waals surface area contributed by atoms with Gasteiger partial charge < -0.3 is 14.2 Å². The van der Waals surface area contributed by atoms with Gasteiger partial charge in [0.15, 0.2) is 6.10 Å². The van der Waals surface area contributed by atoms with Crippen molar-refractivity contribution < 1.29 is 28.6 Å². The van der Waals surface area contributed by atoms with Crippen molar-refractivity contribution in [3.63, 3.8) is 0 Å². The molecular formula is C51H76O6. The van der Waals surface area contributed by atoms with E-state index in [-0.39, 0.29) is 44.0 Å². The topological polar surface area (TPSA) is 78.9 Å². The molecule has 57 heavy (non-hydrogen) atoms. The molecule has 0 aromatic heterocycles. The third kappa shape index (κ3) is 42.5. The Labute approximate surface area is 347 Å². The van der Waals surface area contributed by atoms with Crippen molar-refractivity contribution in [3.8, 4) is 0 Å². The van der Waals surface area contributed by atoms with E-state index in [9.17, 15) is 14.4 Å². The van der Waals surface area contributed by atoms with Crippen molar-refractivity contribution in [2.24, 2.45) is 0 Å². The lowest BCUT2D eigenvalue weighted by molar-refractivity contribution is -0.167. The van der Waals surface area contributed by atoms with Crippen LogP contribution in [0.15, 0.2) is 134 Å². The molecule has 1 unspecified atom stereocenters. The molecule has 0 amide bonds. The van der Waals surface area contributed by atoms with Crippen LogP contribution in [0.4, 0.5) is 0 Å². The fourth-order valence-electron chi connectivity index (χ4n) is 5.13. The van der Waals surface area contributed by atoms with E-state index < -0.39 is 6.10 Å². The van der Waals surface area contributed by atoms with Crippen molar-refractivity contribution in [1.82, 2.24) is 0 Å². The van der Waals surface area contributed by atoms with Gasteiger partial charge in [0, 0.05) is 19.3 Å². The lowest BCUT2D eigenvalue weighted by atomic mass is 10.1. The molecule has 0 heterocycles. The number of carbonyl (C=O) groups is 3. The molecule has 6 nitrogen and oxygen atoms in total. The average Bonchev–Trinajstić information content (AvgIpc) is 3.21. The number of carbonyl (C=O) groups excluding carboxylic acids is 3. The summed E-state index contributed by atoms with van der Waals surface area (Å²) >= 11 is 0. The average molecular weight is 785 g/mol. The van der Waals surface area contributed by atoms with Crippen LogP contribution < -0.4 is 0 Å². The summed E-state index contributed by atoms with van der Waals surface area (Å²) in [5.41, 5.74) is 0. The number of allylic oxidation sites excluding steroid dienone is 22. The van der Waals surface area contributed by atoms with Crippen LogP contribution in [-0.2, 0) is 28.6 Å². The van der Waals surface area contributed by atoms with E-state index in [2.05, 4.69) is 93.7 Å². The van der Waals surface area contributed by atoms with Crippen LogP contribution >= 0.6 is 0 Å². The van der Waals surface area contributed by atoms with Gasteiger partial charge in [-0.2, -0.15) is 0 Å². The minimum atomic E-state index is -0.831. The van der Waals surface area contributed by atoms with Crippen molar-refractivity contribution in [2.75, 3.05) is 13.2 Å². The molecule has 0 spiro atoms. The van der Waals surface area contributed by atoms with Crippen LogP contribution in [0.25, 0.3) is 0 Å². The lowest BCUT2D eigenvalue weighted by Gasteiger charge is -2.18. The molecule has 0 bridgehead atoms. The van der Waals surface area contributed by atoms with Gasteiger partial charge in [-0.15, -0.1) is 0 Å². The first-order valence-corrected chi connectivity index (χ1v) is 21.8. The van der Waals surface area contributed by atoms with Crippen LogP contribution in [0.2, 0.25) is 0 Å². The Hall–Kier alpha value is -4.45. The zero-order valence-corrected chi connectivity index (χ0v) is 35.8. The van der Waals surface area contributed by atoms with Crippen molar-refractivity contribution in [2.45, 2.75) is 155 Å². The molecule has 0 radical (unpaired) electrons. The fraction of sp³-hybridized carbons (Fsp3) is 0.510. The Morgan fingerprint density at radius 1 is 0.368 bits per heavy atom. The smallest absolute Gasteiger partial charge is 0.306 e. The Kier molecular flexibility index (Phi) is 40.8. The Morgan fingerprint density at radius 3 is 1.26 bits per heavy atom. The minimum Gasteiger partial charge on any atom is -0.462 e. The van der Waals surface area contributed by atoms with Crippen LogP contribution in [0, 0.1) is 0 Å². The summed E-state index contributed by atoms with van der Waals surface area (Å²) in [6.45, 7) is 6.09. The van der Waals surface area contributed by atoms with Gasteiger partial charge in [0.2, 0.25) is 0 Å². The SMILES string of the molecule is CC\C=C/C=C\C=C/C=C\CCCCCCCC(=O)OCC(COC(=O)CCC/C=C\C/C=C\C/C=C\CC)OC(=O)CCCCC\C=C/C=C\C=C/C=C\CC. The number of ether oxygens (including phenoxy) is 3. The highest BCUT2D eigenvalue weighted by Crippen LogP contribution is 2.11. The van der Waals surface area contributed by atoms with Crippen LogP contribution in [0.5, 0.6) is 0 Å². The molecule has 0 N–H and O–H groups in total. The second-order valence-electron chi connectivity index (χ2n) is 13.6. The van der Waals surface area contributed by atoms with Crippen molar-refractivity contribution >= 4 is 17.9 Å². The van der Waals surface area contributed by atoms with Gasteiger partial charge in [0.1, 0.15) is 13.2 Å². The monoisotopic (exact) mass is 785 g/mol. The maximum Gasteiger partial charge on any atom is 0.306 e. The molecule has 6 heteroatoms. The number of hydrogen-bond acceptors (Lipinski definition) is 6. The van der Waals surface area contributed by atoms with Gasteiger partial charge >= 0.3 is 17.9 Å². The maximum absolute atomic E-state index is 12.7. The summed E-state index contributed by atoms with van der Waals surface area (Å²) in [4.78, 5) is 37.7. The molecule has 0 aliphatic carbocycles. The molecule has 0 fully saturated rings. The summed E-state index contributed by atoms with van der Waals surface area (Å²) in [5.74, 6) is -1.06. The third-order valence-corrected chi connectivity index (χ3v) is 8.32. The predicted molar refractivity (Wildman–Crippen MR) is 242 cm³/mol. The number of rotatable bonds is 36. The van der Waals surface area contributed by atoms with E-state index in [0.717, 1.165) is 96.3 Å². The normalized spacial score (nSPS) is 13.4. The largest absolute Gasteiger partial charge is 0.462 e. The third-order valence-electron chi connectivity index (χ3n) is 8.32. The van der Waals surface area contributed by atoms with Crippen LogP contribution in [0.1, 0.15) is 149 Å². The van der Waals surface area contributed by atoms with E-state index in [4.69, 9.17) is 14.2 Å². The molecule has 0 rings (SSSR count). The summed E-state index contributed by atoms with van der Waals surface area (Å²) < 4.78 is 16.6. The Bertz CT molecular complexity index is 1320. The predicted octanol–water partition coefficient (Wildman–Crippen LogP) is 14.0. The molecule has 0 aliphatic heterocycles. The van der Waals surface area contributed by atoms with E-state index >= 15 is 0 Å². The first kappa shape index (κ1) is 52.6. The summed E-state index contributed by atoms with van der Waals surface area (Å²) in [5, 5.41) is 0. The highest BCUT2D eigenvalue weighted by Gasteiger charge is 2.19. The van der Waals surface area contributed by atoms with Gasteiger partial charge in [-0.3, -0.25) is 14.4 Å². The van der Waals surface area contributed by atoms with Gasteiger partial charge in [0.05, 0.1) is 0 Å². The summed E-state index contributed by atoms with van der Waals surface area (Å²) in [6.07, 6.45) is 61.6. The standard InChI is InChI=1S/C51H76O6/c1-4-7-10-13-16-19-22-24-25-27-29-32-35-38-41-44-50(53)56-47-48(46-55-49(52)43-40-37-34-31-28-21-18-15-12-9-6-3)57-51(54)45-42-39-36-33-30-26-23-20-17-14-11-8-5-2/h7-14,16-26,30-31,34,48H,4-6,15,27-29,32-33,35-47H2,1-3H3/b10-7-,11-8-,12-9-,16-13-,17-14-,21-18-,22-19-,23-20-,25-24-,30-26-,34-31-.